The van der Waals surface area contributed by atoms with Gasteiger partial charge >= 0.3 is 0 Å². The SMILES string of the molecule is CC(C)CNC(=O)C[NH+]1CCN(S(=O)(=O)c2ccc3c(c2)CCC3)CC1. The number of fused-ring (bicyclic) bond motifs is 1. The average molecular weight is 381 g/mol. The number of hydrogen-bond donors (Lipinski definition) is 2. The van der Waals surface area contributed by atoms with Crippen molar-refractivity contribution in [2.24, 2.45) is 5.92 Å². The van der Waals surface area contributed by atoms with Crippen LogP contribution in [0.25, 0.3) is 0 Å². The van der Waals surface area contributed by atoms with E-state index in [0.717, 1.165) is 24.2 Å². The Kier molecular flexibility index (Phi) is 5.99. The monoisotopic (exact) mass is 380 g/mol. The largest absolute Gasteiger partial charge is 0.351 e. The molecule has 1 aliphatic carbocycles. The number of amides is 1. The van der Waals surface area contributed by atoms with E-state index in [0.29, 0.717) is 50.1 Å². The summed E-state index contributed by atoms with van der Waals surface area (Å²) in [5.74, 6) is 0.479. The van der Waals surface area contributed by atoms with Gasteiger partial charge in [0.05, 0.1) is 31.1 Å². The number of aryl methyl sites for hydroxylation is 2. The van der Waals surface area contributed by atoms with Crippen molar-refractivity contribution in [3.8, 4) is 0 Å². The predicted octanol–water partition coefficient (Wildman–Crippen LogP) is -0.163. The molecule has 2 N–H and O–H groups in total. The molecule has 1 aromatic rings. The lowest BCUT2D eigenvalue weighted by atomic mass is 10.1. The van der Waals surface area contributed by atoms with Crippen molar-refractivity contribution in [2.45, 2.75) is 38.0 Å². The number of nitrogens with one attached hydrogen (secondary N) is 2. The van der Waals surface area contributed by atoms with Gasteiger partial charge in [0, 0.05) is 6.54 Å². The Bertz CT molecular complexity index is 753. The topological polar surface area (TPSA) is 70.9 Å². The Morgan fingerprint density at radius 3 is 2.58 bits per heavy atom. The molecule has 0 aromatic heterocycles. The van der Waals surface area contributed by atoms with E-state index in [1.807, 2.05) is 12.1 Å². The normalized spacial score (nSPS) is 18.9. The summed E-state index contributed by atoms with van der Waals surface area (Å²) in [6, 6.07) is 5.57. The minimum Gasteiger partial charge on any atom is -0.351 e. The van der Waals surface area contributed by atoms with E-state index in [4.69, 9.17) is 0 Å². The summed E-state index contributed by atoms with van der Waals surface area (Å²) in [4.78, 5) is 13.5. The molecular formula is C19H30N3O3S+. The van der Waals surface area contributed by atoms with Gasteiger partial charge in [0.1, 0.15) is 0 Å². The molecule has 1 amide bonds. The number of sulfonamides is 1. The van der Waals surface area contributed by atoms with Crippen molar-refractivity contribution in [1.29, 1.82) is 0 Å². The zero-order chi connectivity index (χ0) is 18.7. The van der Waals surface area contributed by atoms with Crippen LogP contribution in [0.2, 0.25) is 0 Å². The minimum atomic E-state index is -3.44. The number of carbonyl (C=O) groups excluding carboxylic acids is 1. The molecule has 1 aliphatic heterocycles. The van der Waals surface area contributed by atoms with Crippen molar-refractivity contribution < 1.29 is 18.1 Å². The van der Waals surface area contributed by atoms with E-state index < -0.39 is 10.0 Å². The van der Waals surface area contributed by atoms with Gasteiger partial charge in [-0.1, -0.05) is 19.9 Å². The van der Waals surface area contributed by atoms with E-state index in [1.165, 1.54) is 11.1 Å². The smallest absolute Gasteiger partial charge is 0.275 e. The maximum Gasteiger partial charge on any atom is 0.275 e. The first-order chi connectivity index (χ1) is 12.4. The van der Waals surface area contributed by atoms with Crippen LogP contribution in [0.15, 0.2) is 23.1 Å². The minimum absolute atomic E-state index is 0.0450. The highest BCUT2D eigenvalue weighted by atomic mass is 32.2. The molecule has 0 atom stereocenters. The third-order valence-electron chi connectivity index (χ3n) is 5.26. The molecule has 0 spiro atoms. The van der Waals surface area contributed by atoms with Gasteiger partial charge in [0.15, 0.2) is 6.54 Å². The van der Waals surface area contributed by atoms with Gasteiger partial charge < -0.3 is 10.2 Å². The van der Waals surface area contributed by atoms with Crippen LogP contribution in [0.4, 0.5) is 0 Å². The van der Waals surface area contributed by atoms with Gasteiger partial charge in [0.25, 0.3) is 5.91 Å². The van der Waals surface area contributed by atoms with Gasteiger partial charge in [-0.2, -0.15) is 4.31 Å². The van der Waals surface area contributed by atoms with Crippen LogP contribution in [0.3, 0.4) is 0 Å². The fourth-order valence-electron chi connectivity index (χ4n) is 3.68. The average Bonchev–Trinajstić information content (AvgIpc) is 3.08. The van der Waals surface area contributed by atoms with Crippen LogP contribution in [0, 0.1) is 5.92 Å². The molecule has 2 aliphatic rings. The van der Waals surface area contributed by atoms with E-state index in [-0.39, 0.29) is 5.91 Å². The number of rotatable bonds is 6. The lowest BCUT2D eigenvalue weighted by Crippen LogP contribution is -3.15. The molecule has 26 heavy (non-hydrogen) atoms. The van der Waals surface area contributed by atoms with Gasteiger partial charge in [-0.3, -0.25) is 4.79 Å². The first-order valence-corrected chi connectivity index (χ1v) is 11.0. The Labute approximate surface area is 156 Å². The van der Waals surface area contributed by atoms with Crippen molar-refractivity contribution in [1.82, 2.24) is 9.62 Å². The molecule has 1 saturated heterocycles. The molecular weight excluding hydrogens is 350 g/mol. The fraction of sp³-hybridized carbons (Fsp3) is 0.632. The molecule has 144 valence electrons. The molecule has 7 heteroatoms. The molecule has 1 aromatic carbocycles. The highest BCUT2D eigenvalue weighted by Crippen LogP contribution is 2.26. The van der Waals surface area contributed by atoms with E-state index in [1.54, 1.807) is 10.4 Å². The van der Waals surface area contributed by atoms with Crippen LogP contribution in [-0.2, 0) is 27.7 Å². The molecule has 0 bridgehead atoms. The molecule has 3 rings (SSSR count). The lowest BCUT2D eigenvalue weighted by Gasteiger charge is -2.31. The number of quaternary nitrogens is 1. The van der Waals surface area contributed by atoms with E-state index in [9.17, 15) is 13.2 Å². The van der Waals surface area contributed by atoms with Crippen LogP contribution < -0.4 is 10.2 Å². The maximum absolute atomic E-state index is 12.9. The summed E-state index contributed by atoms with van der Waals surface area (Å²) in [5.41, 5.74) is 2.46. The number of hydrogen-bond acceptors (Lipinski definition) is 3. The van der Waals surface area contributed by atoms with Crippen molar-refractivity contribution >= 4 is 15.9 Å². The Morgan fingerprint density at radius 2 is 1.88 bits per heavy atom. The van der Waals surface area contributed by atoms with Crippen LogP contribution in [0.5, 0.6) is 0 Å². The zero-order valence-electron chi connectivity index (χ0n) is 15.8. The summed E-state index contributed by atoms with van der Waals surface area (Å²) in [7, 11) is -3.44. The fourth-order valence-corrected chi connectivity index (χ4v) is 5.18. The second kappa shape index (κ2) is 8.06. The van der Waals surface area contributed by atoms with Crippen molar-refractivity contribution in [2.75, 3.05) is 39.3 Å². The molecule has 0 radical (unpaired) electrons. The molecule has 1 heterocycles. The summed E-state index contributed by atoms with van der Waals surface area (Å²) >= 11 is 0. The van der Waals surface area contributed by atoms with E-state index >= 15 is 0 Å². The van der Waals surface area contributed by atoms with Gasteiger partial charge in [-0.05, 0) is 48.4 Å². The van der Waals surface area contributed by atoms with Crippen molar-refractivity contribution in [3.05, 3.63) is 29.3 Å². The summed E-state index contributed by atoms with van der Waals surface area (Å²) < 4.78 is 27.4. The predicted molar refractivity (Wildman–Crippen MR) is 101 cm³/mol. The summed E-state index contributed by atoms with van der Waals surface area (Å²) in [5, 5.41) is 2.93. The van der Waals surface area contributed by atoms with Crippen LogP contribution in [-0.4, -0.2) is 57.9 Å². The number of carbonyl (C=O) groups is 1. The Hall–Kier alpha value is -1.44. The van der Waals surface area contributed by atoms with Crippen LogP contribution in [0.1, 0.15) is 31.4 Å². The number of benzene rings is 1. The third-order valence-corrected chi connectivity index (χ3v) is 7.15. The molecule has 0 saturated carbocycles. The number of piperazine rings is 1. The highest BCUT2D eigenvalue weighted by molar-refractivity contribution is 7.89. The lowest BCUT2D eigenvalue weighted by molar-refractivity contribution is -0.895. The van der Waals surface area contributed by atoms with Crippen molar-refractivity contribution in [3.63, 3.8) is 0 Å². The second-order valence-corrected chi connectivity index (χ2v) is 9.75. The Morgan fingerprint density at radius 1 is 1.19 bits per heavy atom. The third kappa shape index (κ3) is 4.45. The standard InChI is InChI=1S/C19H29N3O3S/c1-15(2)13-20-19(23)14-21-8-10-22(11-9-21)26(24,25)18-7-6-16-4-3-5-17(16)12-18/h6-7,12,15H,3-5,8-11,13-14H2,1-2H3,(H,20,23)/p+1. The second-order valence-electron chi connectivity index (χ2n) is 7.81. The molecule has 6 nitrogen and oxygen atoms in total. The first kappa shape index (κ1) is 19.3. The van der Waals surface area contributed by atoms with Gasteiger partial charge in [0.2, 0.25) is 10.0 Å². The first-order valence-electron chi connectivity index (χ1n) is 9.58. The molecule has 1 fully saturated rings. The zero-order valence-corrected chi connectivity index (χ0v) is 16.6. The Balaban J connectivity index is 1.56. The van der Waals surface area contributed by atoms with E-state index in [2.05, 4.69) is 19.2 Å². The highest BCUT2D eigenvalue weighted by Gasteiger charge is 2.31. The maximum atomic E-state index is 12.9. The van der Waals surface area contributed by atoms with Gasteiger partial charge in [-0.25, -0.2) is 8.42 Å². The summed E-state index contributed by atoms with van der Waals surface area (Å²) in [6.45, 7) is 7.49. The van der Waals surface area contributed by atoms with Crippen LogP contribution >= 0.6 is 0 Å². The van der Waals surface area contributed by atoms with Gasteiger partial charge in [-0.15, -0.1) is 0 Å². The summed E-state index contributed by atoms with van der Waals surface area (Å²) in [6.07, 6.45) is 3.14. The quantitative estimate of drug-likeness (QED) is 0.720. The number of nitrogens with zero attached hydrogens (tertiary/aromatic N) is 1. The molecule has 0 unspecified atom stereocenters.